The molecule has 108 valence electrons. The number of rotatable bonds is 5. The average molecular weight is 270 g/mol. The number of hydrogen-bond donors (Lipinski definition) is 2. The van der Waals surface area contributed by atoms with Crippen LogP contribution in [0.2, 0.25) is 0 Å². The molecule has 0 spiro atoms. The Morgan fingerprint density at radius 1 is 1.37 bits per heavy atom. The molecule has 0 aromatic carbocycles. The van der Waals surface area contributed by atoms with Gasteiger partial charge in [-0.2, -0.15) is 0 Å². The number of carbonyl (C=O) groups excluding carboxylic acids is 1. The van der Waals surface area contributed by atoms with Crippen LogP contribution in [0.5, 0.6) is 0 Å². The standard InChI is InChI=1S/C13H22N2O4/c1-2-15(9-10-3-4-10)12(18)14-13(11(16)17)5-7-19-8-6-13/h10H,2-9H2,1H3,(H,14,18)(H,16,17). The number of carbonyl (C=O) groups is 2. The fourth-order valence-corrected chi connectivity index (χ4v) is 2.36. The number of nitrogens with one attached hydrogen (secondary N) is 1. The van der Waals surface area contributed by atoms with E-state index in [0.717, 1.165) is 6.54 Å². The maximum atomic E-state index is 12.2. The Morgan fingerprint density at radius 2 is 2.00 bits per heavy atom. The maximum Gasteiger partial charge on any atom is 0.329 e. The molecule has 0 atom stereocenters. The van der Waals surface area contributed by atoms with Crippen LogP contribution in [0.25, 0.3) is 0 Å². The highest BCUT2D eigenvalue weighted by Gasteiger charge is 2.42. The van der Waals surface area contributed by atoms with Crippen LogP contribution in [-0.2, 0) is 9.53 Å². The van der Waals surface area contributed by atoms with E-state index in [1.807, 2.05) is 6.92 Å². The van der Waals surface area contributed by atoms with Crippen LogP contribution in [0.3, 0.4) is 0 Å². The van der Waals surface area contributed by atoms with Gasteiger partial charge in [0.25, 0.3) is 0 Å². The first-order valence-electron chi connectivity index (χ1n) is 6.95. The fourth-order valence-electron chi connectivity index (χ4n) is 2.36. The summed E-state index contributed by atoms with van der Waals surface area (Å²) in [6, 6.07) is -0.265. The topological polar surface area (TPSA) is 78.9 Å². The van der Waals surface area contributed by atoms with Crippen molar-refractivity contribution in [2.24, 2.45) is 5.92 Å². The van der Waals surface area contributed by atoms with Gasteiger partial charge in [-0.25, -0.2) is 9.59 Å². The van der Waals surface area contributed by atoms with Crippen LogP contribution < -0.4 is 5.32 Å². The van der Waals surface area contributed by atoms with Gasteiger partial charge in [0.15, 0.2) is 0 Å². The summed E-state index contributed by atoms with van der Waals surface area (Å²) in [5.41, 5.74) is -1.16. The maximum absolute atomic E-state index is 12.2. The quantitative estimate of drug-likeness (QED) is 0.783. The second-order valence-corrected chi connectivity index (χ2v) is 5.41. The molecule has 0 aromatic rings. The minimum absolute atomic E-state index is 0.265. The Kier molecular flexibility index (Phi) is 4.29. The third-order valence-electron chi connectivity index (χ3n) is 3.95. The van der Waals surface area contributed by atoms with E-state index in [-0.39, 0.29) is 6.03 Å². The average Bonchev–Trinajstić information content (AvgIpc) is 3.20. The zero-order valence-corrected chi connectivity index (χ0v) is 11.4. The lowest BCUT2D eigenvalue weighted by Gasteiger charge is -2.35. The Bertz CT molecular complexity index is 349. The lowest BCUT2D eigenvalue weighted by molar-refractivity contribution is -0.148. The molecule has 19 heavy (non-hydrogen) atoms. The zero-order chi connectivity index (χ0) is 13.9. The summed E-state index contributed by atoms with van der Waals surface area (Å²) in [5.74, 6) is -0.368. The highest BCUT2D eigenvalue weighted by molar-refractivity contribution is 5.86. The predicted molar refractivity (Wildman–Crippen MR) is 68.9 cm³/mol. The highest BCUT2D eigenvalue weighted by atomic mass is 16.5. The number of carboxylic acid groups (broad SMARTS) is 1. The fraction of sp³-hybridized carbons (Fsp3) is 0.846. The summed E-state index contributed by atoms with van der Waals surface area (Å²) in [6.45, 7) is 4.01. The Morgan fingerprint density at radius 3 is 2.47 bits per heavy atom. The SMILES string of the molecule is CCN(CC1CC1)C(=O)NC1(C(=O)O)CCOCC1. The molecule has 2 fully saturated rings. The summed E-state index contributed by atoms with van der Waals surface area (Å²) in [6.07, 6.45) is 2.99. The normalized spacial score (nSPS) is 21.7. The van der Waals surface area contributed by atoms with Gasteiger partial charge in [-0.1, -0.05) is 0 Å². The van der Waals surface area contributed by atoms with Crippen LogP contribution in [0.4, 0.5) is 4.79 Å². The highest BCUT2D eigenvalue weighted by Crippen LogP contribution is 2.30. The lowest BCUT2D eigenvalue weighted by atomic mass is 9.90. The number of aliphatic carboxylic acids is 1. The summed E-state index contributed by atoms with van der Waals surface area (Å²) < 4.78 is 5.19. The van der Waals surface area contributed by atoms with Gasteiger partial charge in [0, 0.05) is 39.1 Å². The van der Waals surface area contributed by atoms with Crippen molar-refractivity contribution in [2.75, 3.05) is 26.3 Å². The lowest BCUT2D eigenvalue weighted by Crippen LogP contribution is -2.60. The first-order valence-corrected chi connectivity index (χ1v) is 6.95. The van der Waals surface area contributed by atoms with Gasteiger partial charge in [0.05, 0.1) is 0 Å². The second kappa shape index (κ2) is 5.77. The van der Waals surface area contributed by atoms with Crippen molar-refractivity contribution in [1.29, 1.82) is 0 Å². The molecular formula is C13H22N2O4. The van der Waals surface area contributed by atoms with E-state index in [1.54, 1.807) is 4.90 Å². The molecule has 1 aliphatic carbocycles. The van der Waals surface area contributed by atoms with E-state index in [2.05, 4.69) is 5.32 Å². The molecule has 0 aromatic heterocycles. The molecule has 1 saturated heterocycles. The van der Waals surface area contributed by atoms with Crippen molar-refractivity contribution >= 4 is 12.0 Å². The van der Waals surface area contributed by atoms with Crippen LogP contribution in [0.15, 0.2) is 0 Å². The van der Waals surface area contributed by atoms with E-state index in [0.29, 0.717) is 38.5 Å². The first-order chi connectivity index (χ1) is 9.07. The number of nitrogens with zero attached hydrogens (tertiary/aromatic N) is 1. The van der Waals surface area contributed by atoms with Gasteiger partial charge in [0.2, 0.25) is 0 Å². The first kappa shape index (κ1) is 14.1. The molecule has 2 amide bonds. The molecule has 1 saturated carbocycles. The largest absolute Gasteiger partial charge is 0.480 e. The van der Waals surface area contributed by atoms with Gasteiger partial charge in [-0.3, -0.25) is 0 Å². The van der Waals surface area contributed by atoms with E-state index in [9.17, 15) is 14.7 Å². The molecule has 2 rings (SSSR count). The van der Waals surface area contributed by atoms with Crippen LogP contribution >= 0.6 is 0 Å². The van der Waals surface area contributed by atoms with E-state index in [4.69, 9.17) is 4.74 Å². The molecule has 0 unspecified atom stereocenters. The van der Waals surface area contributed by atoms with Crippen molar-refractivity contribution in [3.8, 4) is 0 Å². The molecule has 0 bridgehead atoms. The number of urea groups is 1. The van der Waals surface area contributed by atoms with Crippen LogP contribution in [-0.4, -0.2) is 53.8 Å². The van der Waals surface area contributed by atoms with E-state index in [1.165, 1.54) is 12.8 Å². The van der Waals surface area contributed by atoms with E-state index < -0.39 is 11.5 Å². The minimum Gasteiger partial charge on any atom is -0.480 e. The van der Waals surface area contributed by atoms with Gasteiger partial charge in [0.1, 0.15) is 5.54 Å². The second-order valence-electron chi connectivity index (χ2n) is 5.41. The molecular weight excluding hydrogens is 248 g/mol. The minimum atomic E-state index is -1.16. The number of amides is 2. The molecule has 1 aliphatic heterocycles. The monoisotopic (exact) mass is 270 g/mol. The van der Waals surface area contributed by atoms with Crippen LogP contribution in [0, 0.1) is 5.92 Å². The van der Waals surface area contributed by atoms with Crippen molar-refractivity contribution < 1.29 is 19.4 Å². The van der Waals surface area contributed by atoms with Gasteiger partial charge >= 0.3 is 12.0 Å². The molecule has 6 heteroatoms. The molecule has 6 nitrogen and oxygen atoms in total. The Hall–Kier alpha value is -1.30. The molecule has 1 heterocycles. The number of carboxylic acids is 1. The van der Waals surface area contributed by atoms with Gasteiger partial charge < -0.3 is 20.1 Å². The third kappa shape index (κ3) is 3.37. The summed E-state index contributed by atoms with van der Waals surface area (Å²) in [5, 5.41) is 12.1. The third-order valence-corrected chi connectivity index (χ3v) is 3.95. The molecule has 2 N–H and O–H groups in total. The summed E-state index contributed by atoms with van der Waals surface area (Å²) >= 11 is 0. The Labute approximate surface area is 113 Å². The van der Waals surface area contributed by atoms with Gasteiger partial charge in [-0.15, -0.1) is 0 Å². The van der Waals surface area contributed by atoms with E-state index >= 15 is 0 Å². The molecule has 2 aliphatic rings. The Balaban J connectivity index is 1.98. The van der Waals surface area contributed by atoms with Crippen molar-refractivity contribution in [3.05, 3.63) is 0 Å². The summed E-state index contributed by atoms with van der Waals surface area (Å²) in [4.78, 5) is 25.4. The number of ether oxygens (including phenoxy) is 1. The smallest absolute Gasteiger partial charge is 0.329 e. The van der Waals surface area contributed by atoms with Gasteiger partial charge in [-0.05, 0) is 25.7 Å². The van der Waals surface area contributed by atoms with Crippen molar-refractivity contribution in [1.82, 2.24) is 10.2 Å². The van der Waals surface area contributed by atoms with Crippen molar-refractivity contribution in [3.63, 3.8) is 0 Å². The van der Waals surface area contributed by atoms with Crippen LogP contribution in [0.1, 0.15) is 32.6 Å². The van der Waals surface area contributed by atoms with Crippen molar-refractivity contribution in [2.45, 2.75) is 38.1 Å². The number of hydrogen-bond acceptors (Lipinski definition) is 3. The molecule has 0 radical (unpaired) electrons. The summed E-state index contributed by atoms with van der Waals surface area (Å²) in [7, 11) is 0. The zero-order valence-electron chi connectivity index (χ0n) is 11.4. The predicted octanol–water partition coefficient (Wildman–Crippen LogP) is 1.06.